The van der Waals surface area contributed by atoms with Crippen LogP contribution in [0.2, 0.25) is 0 Å². The number of methoxy groups -OCH3 is 1. The maximum Gasteiger partial charge on any atom is 0.328 e. The van der Waals surface area contributed by atoms with E-state index >= 15 is 0 Å². The lowest BCUT2D eigenvalue weighted by Gasteiger charge is -2.20. The van der Waals surface area contributed by atoms with Gasteiger partial charge in [0.2, 0.25) is 0 Å². The standard InChI is InChI=1S/C19H22N2O3/c1-14(16-11-7-4-8-12-16)20-19(23)21-17(18(22)24-2)13-15-9-5-3-6-10-15/h3-12,14,17H,13H2,1-2H3,(H2,20,21,23)/t14-,17-/m0/s1. The molecule has 5 nitrogen and oxygen atoms in total. The highest BCUT2D eigenvalue weighted by Crippen LogP contribution is 2.11. The molecule has 0 spiro atoms. The van der Waals surface area contributed by atoms with Crippen LogP contribution in [0.5, 0.6) is 0 Å². The van der Waals surface area contributed by atoms with Crippen LogP contribution in [-0.2, 0) is 16.0 Å². The fourth-order valence-corrected chi connectivity index (χ4v) is 2.41. The first-order chi connectivity index (χ1) is 11.6. The Morgan fingerprint density at radius 3 is 2.12 bits per heavy atom. The number of carbonyl (C=O) groups is 2. The van der Waals surface area contributed by atoms with E-state index in [1.54, 1.807) is 0 Å². The van der Waals surface area contributed by atoms with Crippen LogP contribution in [0.3, 0.4) is 0 Å². The summed E-state index contributed by atoms with van der Waals surface area (Å²) in [5.74, 6) is -0.471. The number of hydrogen-bond donors (Lipinski definition) is 2. The maximum atomic E-state index is 12.2. The van der Waals surface area contributed by atoms with Crippen LogP contribution >= 0.6 is 0 Å². The topological polar surface area (TPSA) is 67.4 Å². The third-order valence-electron chi connectivity index (χ3n) is 3.72. The number of nitrogens with one attached hydrogen (secondary N) is 2. The van der Waals surface area contributed by atoms with Crippen molar-refractivity contribution in [3.05, 3.63) is 71.8 Å². The Labute approximate surface area is 142 Å². The van der Waals surface area contributed by atoms with Crippen LogP contribution in [0.25, 0.3) is 0 Å². The van der Waals surface area contributed by atoms with Crippen LogP contribution in [-0.4, -0.2) is 25.2 Å². The van der Waals surface area contributed by atoms with Crippen molar-refractivity contribution in [3.8, 4) is 0 Å². The number of hydrogen-bond acceptors (Lipinski definition) is 3. The summed E-state index contributed by atoms with van der Waals surface area (Å²) in [5.41, 5.74) is 1.94. The molecule has 2 aromatic rings. The zero-order valence-corrected chi connectivity index (χ0v) is 13.9. The van der Waals surface area contributed by atoms with Gasteiger partial charge < -0.3 is 15.4 Å². The van der Waals surface area contributed by atoms with Crippen molar-refractivity contribution in [2.75, 3.05) is 7.11 Å². The van der Waals surface area contributed by atoms with E-state index in [4.69, 9.17) is 4.74 Å². The van der Waals surface area contributed by atoms with Crippen molar-refractivity contribution in [2.45, 2.75) is 25.4 Å². The van der Waals surface area contributed by atoms with E-state index in [0.717, 1.165) is 11.1 Å². The number of rotatable bonds is 6. The lowest BCUT2D eigenvalue weighted by Crippen LogP contribution is -2.48. The Hall–Kier alpha value is -2.82. The molecule has 0 fully saturated rings. The van der Waals surface area contributed by atoms with Crippen molar-refractivity contribution in [1.82, 2.24) is 10.6 Å². The van der Waals surface area contributed by atoms with Gasteiger partial charge in [0, 0.05) is 6.42 Å². The van der Waals surface area contributed by atoms with Crippen molar-refractivity contribution >= 4 is 12.0 Å². The predicted molar refractivity (Wildman–Crippen MR) is 92.5 cm³/mol. The molecule has 2 aromatic carbocycles. The molecule has 0 heterocycles. The molecular formula is C19H22N2O3. The Balaban J connectivity index is 1.98. The molecule has 0 aliphatic rings. The van der Waals surface area contributed by atoms with Gasteiger partial charge in [-0.05, 0) is 18.1 Å². The predicted octanol–water partition coefficient (Wildman–Crippen LogP) is 2.83. The Morgan fingerprint density at radius 2 is 1.54 bits per heavy atom. The fraction of sp³-hybridized carbons (Fsp3) is 0.263. The SMILES string of the molecule is COC(=O)[C@H](Cc1ccccc1)NC(=O)N[C@@H](C)c1ccccc1. The number of urea groups is 1. The number of carbonyl (C=O) groups excluding carboxylic acids is 2. The van der Waals surface area contributed by atoms with Gasteiger partial charge in [-0.15, -0.1) is 0 Å². The van der Waals surface area contributed by atoms with Crippen LogP contribution in [0.4, 0.5) is 4.79 Å². The summed E-state index contributed by atoms with van der Waals surface area (Å²) in [6.45, 7) is 1.89. The zero-order chi connectivity index (χ0) is 17.4. The first-order valence-electron chi connectivity index (χ1n) is 7.84. The molecule has 5 heteroatoms. The van der Waals surface area contributed by atoms with Gasteiger partial charge in [-0.2, -0.15) is 0 Å². The minimum Gasteiger partial charge on any atom is -0.467 e. The molecule has 126 valence electrons. The Morgan fingerprint density at radius 1 is 0.958 bits per heavy atom. The average molecular weight is 326 g/mol. The van der Waals surface area contributed by atoms with Gasteiger partial charge in [-0.1, -0.05) is 60.7 Å². The van der Waals surface area contributed by atoms with Gasteiger partial charge in [0.25, 0.3) is 0 Å². The van der Waals surface area contributed by atoms with E-state index < -0.39 is 18.0 Å². The molecule has 0 aromatic heterocycles. The van der Waals surface area contributed by atoms with Crippen LogP contribution in [0, 0.1) is 0 Å². The summed E-state index contributed by atoms with van der Waals surface area (Å²) in [7, 11) is 1.31. The van der Waals surface area contributed by atoms with Gasteiger partial charge in [0.15, 0.2) is 0 Å². The average Bonchev–Trinajstić information content (AvgIpc) is 2.62. The summed E-state index contributed by atoms with van der Waals surface area (Å²) >= 11 is 0. The van der Waals surface area contributed by atoms with Crippen molar-refractivity contribution in [3.63, 3.8) is 0 Å². The molecule has 0 aliphatic heterocycles. The first-order valence-corrected chi connectivity index (χ1v) is 7.84. The van der Waals surface area contributed by atoms with Gasteiger partial charge in [-0.25, -0.2) is 9.59 Å². The van der Waals surface area contributed by atoms with E-state index in [1.807, 2.05) is 67.6 Å². The van der Waals surface area contributed by atoms with E-state index in [0.29, 0.717) is 6.42 Å². The van der Waals surface area contributed by atoms with Crippen LogP contribution in [0.15, 0.2) is 60.7 Å². The zero-order valence-electron chi connectivity index (χ0n) is 13.9. The molecule has 2 atom stereocenters. The normalized spacial score (nSPS) is 12.8. The monoisotopic (exact) mass is 326 g/mol. The van der Waals surface area contributed by atoms with Crippen molar-refractivity contribution in [1.29, 1.82) is 0 Å². The number of benzene rings is 2. The molecule has 0 saturated carbocycles. The molecule has 2 N–H and O–H groups in total. The minimum atomic E-state index is -0.736. The number of ether oxygens (including phenoxy) is 1. The maximum absolute atomic E-state index is 12.2. The highest BCUT2D eigenvalue weighted by Gasteiger charge is 2.22. The molecule has 0 bridgehead atoms. The van der Waals surface area contributed by atoms with Crippen LogP contribution in [0.1, 0.15) is 24.1 Å². The molecule has 0 unspecified atom stereocenters. The summed E-state index contributed by atoms with van der Waals surface area (Å²) in [4.78, 5) is 24.2. The largest absolute Gasteiger partial charge is 0.467 e. The highest BCUT2D eigenvalue weighted by atomic mass is 16.5. The van der Waals surface area contributed by atoms with E-state index in [2.05, 4.69) is 10.6 Å². The number of esters is 1. The summed E-state index contributed by atoms with van der Waals surface area (Å²) < 4.78 is 4.79. The molecule has 0 radical (unpaired) electrons. The third-order valence-corrected chi connectivity index (χ3v) is 3.72. The van der Waals surface area contributed by atoms with Crippen molar-refractivity contribution in [2.24, 2.45) is 0 Å². The van der Waals surface area contributed by atoms with E-state index in [-0.39, 0.29) is 6.04 Å². The summed E-state index contributed by atoms with van der Waals surface area (Å²) in [6, 6.07) is 17.8. The van der Waals surface area contributed by atoms with Crippen LogP contribution < -0.4 is 10.6 Å². The minimum absolute atomic E-state index is 0.166. The molecule has 0 saturated heterocycles. The molecule has 2 amide bonds. The second-order valence-corrected chi connectivity index (χ2v) is 5.52. The molecule has 24 heavy (non-hydrogen) atoms. The van der Waals surface area contributed by atoms with Gasteiger partial charge in [0.1, 0.15) is 6.04 Å². The van der Waals surface area contributed by atoms with E-state index in [9.17, 15) is 9.59 Å². The number of amides is 2. The second-order valence-electron chi connectivity index (χ2n) is 5.52. The van der Waals surface area contributed by atoms with Gasteiger partial charge in [-0.3, -0.25) is 0 Å². The highest BCUT2D eigenvalue weighted by molar-refractivity contribution is 5.84. The fourth-order valence-electron chi connectivity index (χ4n) is 2.41. The smallest absolute Gasteiger partial charge is 0.328 e. The Kier molecular flexibility index (Phi) is 6.37. The van der Waals surface area contributed by atoms with Gasteiger partial charge in [0.05, 0.1) is 13.2 Å². The Bertz CT molecular complexity index is 659. The quantitative estimate of drug-likeness (QED) is 0.802. The molecular weight excluding hydrogens is 304 g/mol. The lowest BCUT2D eigenvalue weighted by molar-refractivity contribution is -0.142. The lowest BCUT2D eigenvalue weighted by atomic mass is 10.1. The third kappa shape index (κ3) is 5.12. The summed E-state index contributed by atoms with van der Waals surface area (Å²) in [5, 5.41) is 5.53. The summed E-state index contributed by atoms with van der Waals surface area (Å²) in [6.07, 6.45) is 0.376. The molecule has 2 rings (SSSR count). The van der Waals surface area contributed by atoms with E-state index in [1.165, 1.54) is 7.11 Å². The first kappa shape index (κ1) is 17.5. The molecule has 0 aliphatic carbocycles. The van der Waals surface area contributed by atoms with Gasteiger partial charge >= 0.3 is 12.0 Å². The second kappa shape index (κ2) is 8.72. The van der Waals surface area contributed by atoms with Crippen molar-refractivity contribution < 1.29 is 14.3 Å².